The molecular weight excluding hydrogens is 364 g/mol. The lowest BCUT2D eigenvalue weighted by Crippen LogP contribution is -2.12. The number of rotatable bonds is 6. The highest BCUT2D eigenvalue weighted by atomic mass is 32.2. The number of aromatic nitrogens is 1. The predicted molar refractivity (Wildman–Crippen MR) is 98.6 cm³/mol. The zero-order valence-electron chi connectivity index (χ0n) is 14.4. The molecule has 0 aliphatic heterocycles. The minimum atomic E-state index is -4.11. The Kier molecular flexibility index (Phi) is 5.50. The summed E-state index contributed by atoms with van der Waals surface area (Å²) in [6.07, 6.45) is -1.39. The van der Waals surface area contributed by atoms with Gasteiger partial charge in [0.1, 0.15) is 11.8 Å². The maximum Gasteiger partial charge on any atom is 0.298 e. The number of ether oxygens (including phenoxy) is 1. The molecule has 3 rings (SSSR count). The zero-order valence-corrected chi connectivity index (χ0v) is 15.3. The topological polar surface area (TPSA) is 89.3 Å². The van der Waals surface area contributed by atoms with Gasteiger partial charge in [0.15, 0.2) is 0 Å². The molecule has 1 aromatic heterocycles. The molecular formula is C20H16N2O4S. The molecule has 6 nitrogen and oxygen atoms in total. The second-order valence-electron chi connectivity index (χ2n) is 5.69. The largest absolute Gasteiger partial charge is 0.439 e. The smallest absolute Gasteiger partial charge is 0.298 e. The molecule has 0 radical (unpaired) electrons. The van der Waals surface area contributed by atoms with Gasteiger partial charge in [-0.25, -0.2) is 9.17 Å². The Hall–Kier alpha value is -3.21. The van der Waals surface area contributed by atoms with E-state index in [0.29, 0.717) is 5.75 Å². The standard InChI is InChI=1S/C20H16N2O4S/c1-15-10-12-17(13-11-15)27(23,24)26-19(14-21)18-8-5-9-20(22-18)25-16-6-3-2-4-7-16/h2-13,19H,1H3. The van der Waals surface area contributed by atoms with Gasteiger partial charge in [-0.15, -0.1) is 0 Å². The Labute approximate surface area is 157 Å². The summed E-state index contributed by atoms with van der Waals surface area (Å²) in [5.74, 6) is 0.805. The van der Waals surface area contributed by atoms with Crippen molar-refractivity contribution in [1.82, 2.24) is 4.98 Å². The van der Waals surface area contributed by atoms with E-state index >= 15 is 0 Å². The molecule has 1 unspecified atom stereocenters. The van der Waals surface area contributed by atoms with Gasteiger partial charge in [-0.1, -0.05) is 42.0 Å². The van der Waals surface area contributed by atoms with Crippen molar-refractivity contribution in [3.8, 4) is 17.7 Å². The lowest BCUT2D eigenvalue weighted by atomic mass is 10.2. The van der Waals surface area contributed by atoms with E-state index in [9.17, 15) is 13.7 Å². The van der Waals surface area contributed by atoms with Crippen molar-refractivity contribution < 1.29 is 17.3 Å². The Bertz CT molecular complexity index is 1060. The van der Waals surface area contributed by atoms with Crippen molar-refractivity contribution in [1.29, 1.82) is 5.26 Å². The predicted octanol–water partition coefficient (Wildman–Crippen LogP) is 4.15. The summed E-state index contributed by atoms with van der Waals surface area (Å²) < 4.78 is 35.6. The summed E-state index contributed by atoms with van der Waals surface area (Å²) in [5, 5.41) is 9.39. The first-order valence-corrected chi connectivity index (χ1v) is 9.48. The fraction of sp³-hybridized carbons (Fsp3) is 0.100. The lowest BCUT2D eigenvalue weighted by Gasteiger charge is -2.12. The average molecular weight is 380 g/mol. The quantitative estimate of drug-likeness (QED) is 0.597. The summed E-state index contributed by atoms with van der Waals surface area (Å²) in [6.45, 7) is 1.84. The number of para-hydroxylation sites is 1. The van der Waals surface area contributed by atoms with Crippen LogP contribution >= 0.6 is 0 Å². The minimum absolute atomic E-state index is 0.0231. The third-order valence-electron chi connectivity index (χ3n) is 3.63. The molecule has 0 spiro atoms. The van der Waals surface area contributed by atoms with Gasteiger partial charge in [0.05, 0.1) is 10.6 Å². The number of nitriles is 1. The van der Waals surface area contributed by atoms with Gasteiger partial charge < -0.3 is 4.74 Å². The SMILES string of the molecule is Cc1ccc(S(=O)(=O)OC(C#N)c2cccc(Oc3ccccc3)n2)cc1. The molecule has 0 bridgehead atoms. The Morgan fingerprint density at radius 1 is 0.963 bits per heavy atom. The highest BCUT2D eigenvalue weighted by molar-refractivity contribution is 7.86. The molecule has 0 aliphatic carbocycles. The fourth-order valence-corrected chi connectivity index (χ4v) is 3.24. The molecule has 1 heterocycles. The maximum absolute atomic E-state index is 12.4. The first-order chi connectivity index (χ1) is 13.0. The van der Waals surface area contributed by atoms with Crippen molar-refractivity contribution in [2.75, 3.05) is 0 Å². The molecule has 1 atom stereocenters. The van der Waals surface area contributed by atoms with Crippen LogP contribution in [0.4, 0.5) is 0 Å². The highest BCUT2D eigenvalue weighted by Crippen LogP contribution is 2.25. The molecule has 0 fully saturated rings. The van der Waals surface area contributed by atoms with E-state index < -0.39 is 16.2 Å². The zero-order chi connectivity index (χ0) is 19.3. The van der Waals surface area contributed by atoms with E-state index in [0.717, 1.165) is 5.56 Å². The first kappa shape index (κ1) is 18.6. The molecule has 136 valence electrons. The molecule has 0 saturated carbocycles. The second-order valence-corrected chi connectivity index (χ2v) is 7.26. The van der Waals surface area contributed by atoms with Crippen molar-refractivity contribution >= 4 is 10.1 Å². The average Bonchev–Trinajstić information content (AvgIpc) is 2.67. The van der Waals surface area contributed by atoms with Crippen LogP contribution in [-0.4, -0.2) is 13.4 Å². The van der Waals surface area contributed by atoms with Crippen molar-refractivity contribution in [2.24, 2.45) is 0 Å². The molecule has 7 heteroatoms. The monoisotopic (exact) mass is 380 g/mol. The van der Waals surface area contributed by atoms with Gasteiger partial charge in [0.2, 0.25) is 12.0 Å². The van der Waals surface area contributed by atoms with Crippen LogP contribution < -0.4 is 4.74 Å². The van der Waals surface area contributed by atoms with E-state index in [1.807, 2.05) is 31.2 Å². The molecule has 3 aromatic rings. The third kappa shape index (κ3) is 4.70. The van der Waals surface area contributed by atoms with Gasteiger partial charge in [0, 0.05) is 6.07 Å². The van der Waals surface area contributed by atoms with E-state index in [1.165, 1.54) is 18.2 Å². The summed E-state index contributed by atoms with van der Waals surface area (Å²) >= 11 is 0. The third-order valence-corrected chi connectivity index (χ3v) is 4.92. The maximum atomic E-state index is 12.4. The lowest BCUT2D eigenvalue weighted by molar-refractivity contribution is 0.261. The van der Waals surface area contributed by atoms with Crippen molar-refractivity contribution in [2.45, 2.75) is 17.9 Å². The van der Waals surface area contributed by atoms with Crippen LogP contribution in [0.15, 0.2) is 77.7 Å². The van der Waals surface area contributed by atoms with Gasteiger partial charge in [-0.05, 0) is 37.3 Å². The Morgan fingerprint density at radius 2 is 1.67 bits per heavy atom. The number of nitrogens with zero attached hydrogens (tertiary/aromatic N) is 2. The minimum Gasteiger partial charge on any atom is -0.439 e. The normalized spacial score (nSPS) is 12.1. The Balaban J connectivity index is 1.82. The molecule has 27 heavy (non-hydrogen) atoms. The van der Waals surface area contributed by atoms with E-state index in [-0.39, 0.29) is 16.5 Å². The van der Waals surface area contributed by atoms with E-state index in [1.54, 1.807) is 36.4 Å². The summed E-state index contributed by atoms with van der Waals surface area (Å²) in [7, 11) is -4.11. The number of hydrogen-bond donors (Lipinski definition) is 0. The highest BCUT2D eigenvalue weighted by Gasteiger charge is 2.24. The number of aryl methyl sites for hydroxylation is 1. The summed E-state index contributed by atoms with van der Waals surface area (Å²) in [5.41, 5.74) is 1.06. The van der Waals surface area contributed by atoms with Gasteiger partial charge in [-0.3, -0.25) is 0 Å². The van der Waals surface area contributed by atoms with Gasteiger partial charge >= 0.3 is 0 Å². The van der Waals surface area contributed by atoms with E-state index in [2.05, 4.69) is 4.98 Å². The number of benzene rings is 2. The molecule has 0 saturated heterocycles. The molecule has 0 aliphatic rings. The first-order valence-electron chi connectivity index (χ1n) is 8.07. The molecule has 0 amide bonds. The van der Waals surface area contributed by atoms with Gasteiger partial charge in [0.25, 0.3) is 10.1 Å². The van der Waals surface area contributed by atoms with Crippen molar-refractivity contribution in [3.63, 3.8) is 0 Å². The molecule has 0 N–H and O–H groups in total. The van der Waals surface area contributed by atoms with Crippen LogP contribution in [0.3, 0.4) is 0 Å². The number of pyridine rings is 1. The van der Waals surface area contributed by atoms with Crippen LogP contribution in [-0.2, 0) is 14.3 Å². The van der Waals surface area contributed by atoms with Crippen LogP contribution in [0, 0.1) is 18.3 Å². The van der Waals surface area contributed by atoms with Crippen LogP contribution in [0.1, 0.15) is 17.4 Å². The number of hydrogen-bond acceptors (Lipinski definition) is 6. The Morgan fingerprint density at radius 3 is 2.33 bits per heavy atom. The van der Waals surface area contributed by atoms with Crippen LogP contribution in [0.25, 0.3) is 0 Å². The van der Waals surface area contributed by atoms with Gasteiger partial charge in [-0.2, -0.15) is 13.7 Å². The molecule has 2 aromatic carbocycles. The van der Waals surface area contributed by atoms with Crippen molar-refractivity contribution in [3.05, 3.63) is 84.1 Å². The van der Waals surface area contributed by atoms with Crippen LogP contribution in [0.5, 0.6) is 11.6 Å². The fourth-order valence-electron chi connectivity index (χ4n) is 2.27. The second kappa shape index (κ2) is 7.99. The summed E-state index contributed by atoms with van der Waals surface area (Å²) in [4.78, 5) is 4.17. The van der Waals surface area contributed by atoms with Crippen LogP contribution in [0.2, 0.25) is 0 Å². The van der Waals surface area contributed by atoms with E-state index in [4.69, 9.17) is 8.92 Å². The summed E-state index contributed by atoms with van der Waals surface area (Å²) in [6, 6.07) is 21.7.